The summed E-state index contributed by atoms with van der Waals surface area (Å²) in [7, 11) is 1.65. The molecule has 0 bridgehead atoms. The number of ether oxygens (including phenoxy) is 1. The molecule has 1 aliphatic rings. The molecule has 1 unspecified atom stereocenters. The summed E-state index contributed by atoms with van der Waals surface area (Å²) in [6.45, 7) is 0.784. The number of hydrogen-bond acceptors (Lipinski definition) is 2. The van der Waals surface area contributed by atoms with Gasteiger partial charge in [0, 0.05) is 12.1 Å². The first-order valence-electron chi connectivity index (χ1n) is 5.00. The topological polar surface area (TPSA) is 21.3 Å². The number of benzene rings is 1. The Morgan fingerprint density at radius 1 is 1.38 bits per heavy atom. The molecule has 1 N–H and O–H groups in total. The largest absolute Gasteiger partial charge is 0.496 e. The van der Waals surface area contributed by atoms with E-state index in [-0.39, 0.29) is 6.04 Å². The Bertz CT molecular complexity index is 389. The van der Waals surface area contributed by atoms with Gasteiger partial charge < -0.3 is 10.1 Å². The summed E-state index contributed by atoms with van der Waals surface area (Å²) in [5.41, 5.74) is 2.13. The van der Waals surface area contributed by atoms with E-state index in [4.69, 9.17) is 39.5 Å². The fourth-order valence-electron chi connectivity index (χ4n) is 2.06. The molecule has 1 heterocycles. The molecular formula is C11H12Cl3NO. The highest BCUT2D eigenvalue weighted by atomic mass is 35.6. The zero-order valence-electron chi connectivity index (χ0n) is 8.77. The molecule has 0 radical (unpaired) electrons. The monoisotopic (exact) mass is 279 g/mol. The van der Waals surface area contributed by atoms with Crippen molar-refractivity contribution in [2.75, 3.05) is 13.7 Å². The van der Waals surface area contributed by atoms with Crippen molar-refractivity contribution in [2.24, 2.45) is 0 Å². The van der Waals surface area contributed by atoms with Gasteiger partial charge in [0.2, 0.25) is 3.79 Å². The van der Waals surface area contributed by atoms with Crippen LogP contribution in [0.2, 0.25) is 0 Å². The van der Waals surface area contributed by atoms with Crippen LogP contribution in [0.25, 0.3) is 0 Å². The van der Waals surface area contributed by atoms with E-state index in [9.17, 15) is 0 Å². The van der Waals surface area contributed by atoms with Crippen LogP contribution in [0.1, 0.15) is 17.2 Å². The number of rotatable bonds is 1. The zero-order valence-corrected chi connectivity index (χ0v) is 11.0. The molecule has 0 spiro atoms. The first kappa shape index (κ1) is 12.3. The van der Waals surface area contributed by atoms with Gasteiger partial charge in [0.15, 0.2) is 0 Å². The number of fused-ring (bicyclic) bond motifs is 1. The first-order chi connectivity index (χ1) is 7.54. The standard InChI is InChI=1S/C11H12Cl3NO/c1-16-9-4-2-3-8-7(9)5-6-15-10(8)11(12,13)14/h2-4,10,15H,5-6H2,1H3. The van der Waals surface area contributed by atoms with Crippen LogP contribution in [0, 0.1) is 0 Å². The lowest BCUT2D eigenvalue weighted by molar-refractivity contribution is 0.401. The normalized spacial score (nSPS) is 20.4. The van der Waals surface area contributed by atoms with E-state index in [1.807, 2.05) is 18.2 Å². The molecule has 1 atom stereocenters. The SMILES string of the molecule is COc1cccc2c1CCNC2C(Cl)(Cl)Cl. The van der Waals surface area contributed by atoms with Crippen molar-refractivity contribution < 1.29 is 4.74 Å². The molecule has 88 valence electrons. The van der Waals surface area contributed by atoms with E-state index in [2.05, 4.69) is 5.32 Å². The Labute approximate surface area is 110 Å². The molecule has 1 aromatic rings. The Balaban J connectivity index is 2.47. The van der Waals surface area contributed by atoms with Crippen LogP contribution >= 0.6 is 34.8 Å². The van der Waals surface area contributed by atoms with Crippen molar-refractivity contribution in [1.29, 1.82) is 0 Å². The third kappa shape index (κ3) is 2.25. The second-order valence-corrected chi connectivity index (χ2v) is 6.08. The minimum absolute atomic E-state index is 0.281. The van der Waals surface area contributed by atoms with Crippen LogP contribution in [0.3, 0.4) is 0 Å². The summed E-state index contributed by atoms with van der Waals surface area (Å²) in [5.74, 6) is 0.859. The van der Waals surface area contributed by atoms with E-state index in [0.29, 0.717) is 0 Å². The lowest BCUT2D eigenvalue weighted by Crippen LogP contribution is -2.37. The van der Waals surface area contributed by atoms with Gasteiger partial charge in [-0.15, -0.1) is 0 Å². The van der Waals surface area contributed by atoms with Crippen LogP contribution in [0.4, 0.5) is 0 Å². The highest BCUT2D eigenvalue weighted by Crippen LogP contribution is 2.43. The summed E-state index contributed by atoms with van der Waals surface area (Å²) >= 11 is 17.9. The zero-order chi connectivity index (χ0) is 11.8. The highest BCUT2D eigenvalue weighted by molar-refractivity contribution is 6.68. The van der Waals surface area contributed by atoms with Crippen LogP contribution in [-0.2, 0) is 6.42 Å². The van der Waals surface area contributed by atoms with Gasteiger partial charge in [-0.2, -0.15) is 0 Å². The van der Waals surface area contributed by atoms with Crippen molar-refractivity contribution in [3.05, 3.63) is 29.3 Å². The van der Waals surface area contributed by atoms with Gasteiger partial charge in [0.25, 0.3) is 0 Å². The summed E-state index contributed by atoms with van der Waals surface area (Å²) in [4.78, 5) is 0. The number of hydrogen-bond donors (Lipinski definition) is 1. The Hall–Kier alpha value is -0.150. The number of alkyl halides is 3. The molecular weight excluding hydrogens is 268 g/mol. The lowest BCUT2D eigenvalue weighted by atomic mass is 9.94. The molecule has 0 saturated heterocycles. The molecule has 2 nitrogen and oxygen atoms in total. The molecule has 0 aliphatic carbocycles. The van der Waals surface area contributed by atoms with Crippen molar-refractivity contribution in [1.82, 2.24) is 5.32 Å². The van der Waals surface area contributed by atoms with Crippen molar-refractivity contribution in [2.45, 2.75) is 16.3 Å². The smallest absolute Gasteiger partial charge is 0.209 e. The Morgan fingerprint density at radius 3 is 2.75 bits per heavy atom. The van der Waals surface area contributed by atoms with Crippen molar-refractivity contribution in [3.63, 3.8) is 0 Å². The predicted molar refractivity (Wildman–Crippen MR) is 67.7 cm³/mol. The average Bonchev–Trinajstić information content (AvgIpc) is 2.26. The van der Waals surface area contributed by atoms with Gasteiger partial charge in [-0.05, 0) is 18.1 Å². The average molecular weight is 281 g/mol. The molecule has 1 aromatic carbocycles. The van der Waals surface area contributed by atoms with E-state index < -0.39 is 3.79 Å². The summed E-state index contributed by atoms with van der Waals surface area (Å²) in [6.07, 6.45) is 0.886. The summed E-state index contributed by atoms with van der Waals surface area (Å²) < 4.78 is 3.97. The molecule has 1 aliphatic heterocycles. The van der Waals surface area contributed by atoms with Crippen molar-refractivity contribution in [3.8, 4) is 5.75 Å². The second kappa shape index (κ2) is 4.61. The quantitative estimate of drug-likeness (QED) is 0.797. The van der Waals surface area contributed by atoms with E-state index in [0.717, 1.165) is 29.8 Å². The van der Waals surface area contributed by atoms with Gasteiger partial charge in [-0.3, -0.25) is 0 Å². The van der Waals surface area contributed by atoms with Gasteiger partial charge in [-0.1, -0.05) is 46.9 Å². The lowest BCUT2D eigenvalue weighted by Gasteiger charge is -2.32. The minimum atomic E-state index is -1.35. The molecule has 0 amide bonds. The van der Waals surface area contributed by atoms with Crippen molar-refractivity contribution >= 4 is 34.8 Å². The molecule has 5 heteroatoms. The van der Waals surface area contributed by atoms with Crippen LogP contribution in [-0.4, -0.2) is 17.4 Å². The summed E-state index contributed by atoms with van der Waals surface area (Å²) in [6, 6.07) is 5.53. The molecule has 0 fully saturated rings. The van der Waals surface area contributed by atoms with Gasteiger partial charge in [0.1, 0.15) is 5.75 Å². The maximum Gasteiger partial charge on any atom is 0.209 e. The maximum atomic E-state index is 5.96. The molecule has 16 heavy (non-hydrogen) atoms. The van der Waals surface area contributed by atoms with Crippen LogP contribution < -0.4 is 10.1 Å². The minimum Gasteiger partial charge on any atom is -0.496 e. The van der Waals surface area contributed by atoms with Gasteiger partial charge in [0.05, 0.1) is 13.2 Å². The maximum absolute atomic E-state index is 5.96. The third-order valence-corrected chi connectivity index (χ3v) is 3.41. The van der Waals surface area contributed by atoms with E-state index >= 15 is 0 Å². The predicted octanol–water partition coefficient (Wildman–Crippen LogP) is 3.25. The van der Waals surface area contributed by atoms with Crippen LogP contribution in [0.15, 0.2) is 18.2 Å². The van der Waals surface area contributed by atoms with E-state index in [1.54, 1.807) is 7.11 Å². The molecule has 0 aromatic heterocycles. The third-order valence-electron chi connectivity index (χ3n) is 2.75. The fourth-order valence-corrected chi connectivity index (χ4v) is 2.64. The van der Waals surface area contributed by atoms with E-state index in [1.165, 1.54) is 0 Å². The van der Waals surface area contributed by atoms with Crippen LogP contribution in [0.5, 0.6) is 5.75 Å². The Kier molecular flexibility index (Phi) is 3.55. The fraction of sp³-hybridized carbons (Fsp3) is 0.455. The number of halogens is 3. The summed E-state index contributed by atoms with van der Waals surface area (Å²) in [5, 5.41) is 3.22. The van der Waals surface area contributed by atoms with Gasteiger partial charge in [-0.25, -0.2) is 0 Å². The van der Waals surface area contributed by atoms with Gasteiger partial charge >= 0.3 is 0 Å². The second-order valence-electron chi connectivity index (χ2n) is 3.71. The molecule has 2 rings (SSSR count). The Morgan fingerprint density at radius 2 is 2.12 bits per heavy atom. The first-order valence-corrected chi connectivity index (χ1v) is 6.13. The number of methoxy groups -OCH3 is 1. The highest BCUT2D eigenvalue weighted by Gasteiger charge is 2.37. The number of nitrogens with one attached hydrogen (secondary N) is 1. The molecule has 0 saturated carbocycles.